The van der Waals surface area contributed by atoms with Gasteiger partial charge in [0.25, 0.3) is 0 Å². The molecule has 0 aliphatic rings. The molecule has 0 saturated carbocycles. The predicted octanol–water partition coefficient (Wildman–Crippen LogP) is 2.45. The van der Waals surface area contributed by atoms with Crippen molar-refractivity contribution in [1.29, 1.82) is 0 Å². The van der Waals surface area contributed by atoms with Gasteiger partial charge in [-0.25, -0.2) is 0 Å². The molecule has 0 amide bonds. The first-order valence-corrected chi connectivity index (χ1v) is 4.31. The fourth-order valence-electron chi connectivity index (χ4n) is 1.11. The van der Waals surface area contributed by atoms with Gasteiger partial charge in [-0.3, -0.25) is 0 Å². The Morgan fingerprint density at radius 2 is 2.00 bits per heavy atom. The van der Waals surface area contributed by atoms with E-state index in [0.29, 0.717) is 5.71 Å². The molecule has 0 aliphatic carbocycles. The molecule has 0 spiro atoms. The number of hydrogen-bond donors (Lipinski definition) is 1. The second kappa shape index (κ2) is 5.07. The van der Waals surface area contributed by atoms with E-state index in [0.717, 1.165) is 11.3 Å². The summed E-state index contributed by atoms with van der Waals surface area (Å²) >= 11 is 0. The number of ether oxygens (including phenoxy) is 1. The van der Waals surface area contributed by atoms with E-state index in [4.69, 9.17) is 9.94 Å². The number of hydrogen-bond acceptors (Lipinski definition) is 3. The zero-order chi connectivity index (χ0) is 10.4. The van der Waals surface area contributed by atoms with Crippen LogP contribution < -0.4 is 4.74 Å². The highest BCUT2D eigenvalue weighted by molar-refractivity contribution is 6.08. The molecule has 3 nitrogen and oxygen atoms in total. The smallest absolute Gasteiger partial charge is 0.118 e. The van der Waals surface area contributed by atoms with Gasteiger partial charge in [-0.05, 0) is 37.3 Å². The molecule has 0 aliphatic heterocycles. The highest BCUT2D eigenvalue weighted by Gasteiger charge is 1.99. The van der Waals surface area contributed by atoms with Crippen LogP contribution in [0.15, 0.2) is 41.6 Å². The van der Waals surface area contributed by atoms with Gasteiger partial charge in [-0.1, -0.05) is 11.2 Å². The number of methoxy groups -OCH3 is 1. The predicted molar refractivity (Wildman–Crippen MR) is 56.1 cm³/mol. The molecule has 0 bridgehead atoms. The van der Waals surface area contributed by atoms with Crippen molar-refractivity contribution in [2.75, 3.05) is 7.11 Å². The number of benzene rings is 1. The Kier molecular flexibility index (Phi) is 3.73. The maximum Gasteiger partial charge on any atom is 0.118 e. The maximum absolute atomic E-state index is 8.74. The van der Waals surface area contributed by atoms with Crippen LogP contribution in [0.3, 0.4) is 0 Å². The van der Waals surface area contributed by atoms with Crippen LogP contribution in [0.4, 0.5) is 0 Å². The fraction of sp³-hybridized carbons (Fsp3) is 0.182. The summed E-state index contributed by atoms with van der Waals surface area (Å²) in [6, 6.07) is 7.33. The summed E-state index contributed by atoms with van der Waals surface area (Å²) in [6.45, 7) is 1.87. The van der Waals surface area contributed by atoms with Crippen LogP contribution in [0.1, 0.15) is 12.5 Å². The Hall–Kier alpha value is -1.77. The maximum atomic E-state index is 8.74. The van der Waals surface area contributed by atoms with E-state index >= 15 is 0 Å². The zero-order valence-electron chi connectivity index (χ0n) is 8.27. The summed E-state index contributed by atoms with van der Waals surface area (Å²) in [7, 11) is 1.61. The number of allylic oxidation sites excluding steroid dienone is 2. The lowest BCUT2D eigenvalue weighted by atomic mass is 10.1. The monoisotopic (exact) mass is 191 g/mol. The lowest BCUT2D eigenvalue weighted by Crippen LogP contribution is -1.96. The molecule has 0 heterocycles. The zero-order valence-corrected chi connectivity index (χ0v) is 8.27. The van der Waals surface area contributed by atoms with Crippen LogP contribution >= 0.6 is 0 Å². The third kappa shape index (κ3) is 2.36. The molecule has 0 aromatic heterocycles. The molecule has 1 rings (SSSR count). The topological polar surface area (TPSA) is 41.8 Å². The molecule has 1 aromatic rings. The molecule has 14 heavy (non-hydrogen) atoms. The van der Waals surface area contributed by atoms with Crippen LogP contribution in [-0.4, -0.2) is 18.0 Å². The van der Waals surface area contributed by atoms with Crippen LogP contribution in [-0.2, 0) is 0 Å². The van der Waals surface area contributed by atoms with Crippen molar-refractivity contribution in [2.45, 2.75) is 6.92 Å². The summed E-state index contributed by atoms with van der Waals surface area (Å²) in [5.41, 5.74) is 1.39. The van der Waals surface area contributed by atoms with E-state index in [9.17, 15) is 0 Å². The van der Waals surface area contributed by atoms with Gasteiger partial charge in [0.15, 0.2) is 0 Å². The Morgan fingerprint density at radius 3 is 2.43 bits per heavy atom. The highest BCUT2D eigenvalue weighted by Crippen LogP contribution is 2.12. The fourth-order valence-corrected chi connectivity index (χ4v) is 1.11. The van der Waals surface area contributed by atoms with Crippen molar-refractivity contribution >= 4 is 5.71 Å². The van der Waals surface area contributed by atoms with Gasteiger partial charge >= 0.3 is 0 Å². The van der Waals surface area contributed by atoms with Gasteiger partial charge in [0.05, 0.1) is 7.11 Å². The number of nitrogens with zero attached hydrogens (tertiary/aromatic N) is 1. The van der Waals surface area contributed by atoms with Crippen molar-refractivity contribution in [3.05, 3.63) is 42.0 Å². The molecule has 0 saturated heterocycles. The molecular weight excluding hydrogens is 178 g/mol. The van der Waals surface area contributed by atoms with Crippen LogP contribution in [0, 0.1) is 0 Å². The first-order chi connectivity index (χ1) is 6.81. The summed E-state index contributed by atoms with van der Waals surface area (Å²) in [5, 5.41) is 11.9. The molecule has 74 valence electrons. The van der Waals surface area contributed by atoms with Gasteiger partial charge in [0, 0.05) is 5.56 Å². The summed E-state index contributed by atoms with van der Waals surface area (Å²) in [5.74, 6) is 0.784. The van der Waals surface area contributed by atoms with Crippen LogP contribution in [0.5, 0.6) is 5.75 Å². The molecule has 0 radical (unpaired) electrons. The Bertz CT molecular complexity index is 339. The van der Waals surface area contributed by atoms with E-state index in [2.05, 4.69) is 5.16 Å². The minimum atomic E-state index is 0.537. The van der Waals surface area contributed by atoms with E-state index < -0.39 is 0 Å². The summed E-state index contributed by atoms with van der Waals surface area (Å²) in [6.07, 6.45) is 3.56. The van der Waals surface area contributed by atoms with Crippen molar-refractivity contribution in [1.82, 2.24) is 0 Å². The van der Waals surface area contributed by atoms with E-state index in [1.807, 2.05) is 37.3 Å². The van der Waals surface area contributed by atoms with Crippen LogP contribution in [0.2, 0.25) is 0 Å². The van der Waals surface area contributed by atoms with Crippen molar-refractivity contribution in [3.63, 3.8) is 0 Å². The second-order valence-electron chi connectivity index (χ2n) is 2.71. The van der Waals surface area contributed by atoms with E-state index in [1.165, 1.54) is 0 Å². The molecule has 3 heteroatoms. The van der Waals surface area contributed by atoms with Gasteiger partial charge in [0.1, 0.15) is 11.5 Å². The molecule has 0 atom stereocenters. The third-order valence-corrected chi connectivity index (χ3v) is 1.82. The lowest BCUT2D eigenvalue weighted by Gasteiger charge is -2.01. The standard InChI is InChI=1S/C11H13NO2/c1-3-4-11(12-13)9-5-7-10(14-2)8-6-9/h3-8,13H,1-2H3/b4-3+,12-11-. The van der Waals surface area contributed by atoms with Crippen molar-refractivity contribution < 1.29 is 9.94 Å². The molecule has 0 unspecified atom stereocenters. The van der Waals surface area contributed by atoms with Crippen LogP contribution in [0.25, 0.3) is 0 Å². The minimum absolute atomic E-state index is 0.537. The minimum Gasteiger partial charge on any atom is -0.497 e. The third-order valence-electron chi connectivity index (χ3n) is 1.82. The Labute approximate surface area is 83.3 Å². The van der Waals surface area contributed by atoms with Gasteiger partial charge in [-0.15, -0.1) is 0 Å². The van der Waals surface area contributed by atoms with Gasteiger partial charge in [-0.2, -0.15) is 0 Å². The largest absolute Gasteiger partial charge is 0.497 e. The average molecular weight is 191 g/mol. The highest BCUT2D eigenvalue weighted by atomic mass is 16.5. The van der Waals surface area contributed by atoms with Crippen molar-refractivity contribution in [2.24, 2.45) is 5.16 Å². The number of oxime groups is 1. The summed E-state index contributed by atoms with van der Waals surface area (Å²) in [4.78, 5) is 0. The van der Waals surface area contributed by atoms with Crippen molar-refractivity contribution in [3.8, 4) is 5.75 Å². The Balaban J connectivity index is 2.96. The molecule has 1 aromatic carbocycles. The normalized spacial score (nSPS) is 12.0. The first kappa shape index (κ1) is 10.3. The summed E-state index contributed by atoms with van der Waals surface area (Å²) < 4.78 is 5.02. The van der Waals surface area contributed by atoms with E-state index in [-0.39, 0.29) is 0 Å². The average Bonchev–Trinajstić information content (AvgIpc) is 2.26. The second-order valence-corrected chi connectivity index (χ2v) is 2.71. The van der Waals surface area contributed by atoms with Gasteiger partial charge in [0.2, 0.25) is 0 Å². The lowest BCUT2D eigenvalue weighted by molar-refractivity contribution is 0.320. The SMILES string of the molecule is C/C=C/C(=N/O)c1ccc(OC)cc1. The van der Waals surface area contributed by atoms with E-state index in [1.54, 1.807) is 13.2 Å². The molecule has 0 fully saturated rings. The quantitative estimate of drug-likeness (QED) is 0.453. The first-order valence-electron chi connectivity index (χ1n) is 4.31. The Morgan fingerprint density at radius 1 is 1.36 bits per heavy atom. The molecular formula is C11H13NO2. The number of rotatable bonds is 3. The molecule has 1 N–H and O–H groups in total. The van der Waals surface area contributed by atoms with Gasteiger partial charge < -0.3 is 9.94 Å².